The molecule has 0 atom stereocenters. The third-order valence-corrected chi connectivity index (χ3v) is 6.37. The molecule has 0 radical (unpaired) electrons. The number of sulfonamides is 1. The highest BCUT2D eigenvalue weighted by atomic mass is 32.2. The fourth-order valence-electron chi connectivity index (χ4n) is 3.17. The van der Waals surface area contributed by atoms with Crippen LogP contribution in [0.4, 0.5) is 5.69 Å². The second-order valence-corrected chi connectivity index (χ2v) is 8.94. The van der Waals surface area contributed by atoms with Crippen molar-refractivity contribution in [2.45, 2.75) is 30.2 Å². The predicted molar refractivity (Wildman–Crippen MR) is 108 cm³/mol. The monoisotopic (exact) mass is 411 g/mol. The van der Waals surface area contributed by atoms with E-state index in [1.54, 1.807) is 47.4 Å². The van der Waals surface area contributed by atoms with E-state index in [9.17, 15) is 13.2 Å². The first-order valence-corrected chi connectivity index (χ1v) is 10.7. The van der Waals surface area contributed by atoms with Crippen LogP contribution in [0.2, 0.25) is 0 Å². The molecule has 2 aromatic carbocycles. The average Bonchev–Trinajstić information content (AvgIpc) is 3.28. The maximum absolute atomic E-state index is 12.7. The number of nitrogens with one attached hydrogen (secondary N) is 2. The fraction of sp³-hybridized carbons (Fsp3) is 0.250. The molecule has 1 aliphatic carbocycles. The van der Waals surface area contributed by atoms with Crippen LogP contribution in [0.3, 0.4) is 0 Å². The number of nitrogens with zero attached hydrogens (tertiary/aromatic N) is 3. The summed E-state index contributed by atoms with van der Waals surface area (Å²) in [6.45, 7) is 2.29. The van der Waals surface area contributed by atoms with Crippen molar-refractivity contribution in [2.75, 3.05) is 11.3 Å². The van der Waals surface area contributed by atoms with Crippen LogP contribution in [-0.2, 0) is 15.6 Å². The number of benzene rings is 2. The lowest BCUT2D eigenvalue weighted by atomic mass is 10.2. The number of aromatic nitrogens is 3. The molecule has 4 rings (SSSR count). The quantitative estimate of drug-likeness (QED) is 0.621. The van der Waals surface area contributed by atoms with E-state index in [2.05, 4.69) is 20.4 Å². The molecule has 0 saturated heterocycles. The molecule has 8 nitrogen and oxygen atoms in total. The molecule has 1 aromatic heterocycles. The zero-order valence-corrected chi connectivity index (χ0v) is 16.7. The smallest absolute Gasteiger partial charge is 0.261 e. The van der Waals surface area contributed by atoms with Gasteiger partial charge in [-0.3, -0.25) is 9.52 Å². The van der Waals surface area contributed by atoms with Crippen molar-refractivity contribution >= 4 is 21.6 Å². The van der Waals surface area contributed by atoms with E-state index in [4.69, 9.17) is 0 Å². The molecule has 0 aliphatic heterocycles. The van der Waals surface area contributed by atoms with E-state index < -0.39 is 10.0 Å². The summed E-state index contributed by atoms with van der Waals surface area (Å²) in [7, 11) is -3.80. The minimum Gasteiger partial charge on any atom is -0.350 e. The standard InChI is InChI=1S/C20H21N5O3S/c1-15-4-2-6-17(12-15)23-29(27,28)18-7-3-5-16(13-18)19(26)21-14-20(8-9-20)25-11-10-22-24-25/h2-7,10-13,23H,8-9,14H2,1H3,(H,21,26). The van der Waals surface area contributed by atoms with Crippen LogP contribution in [0.1, 0.15) is 28.8 Å². The predicted octanol–water partition coefficient (Wildman–Crippen LogP) is 2.31. The zero-order valence-electron chi connectivity index (χ0n) is 15.9. The summed E-state index contributed by atoms with van der Waals surface area (Å²) in [6, 6.07) is 13.1. The Morgan fingerprint density at radius 2 is 1.97 bits per heavy atom. The van der Waals surface area contributed by atoms with Crippen molar-refractivity contribution in [1.29, 1.82) is 0 Å². The molecule has 150 valence electrons. The molecule has 1 aliphatic rings. The minimum atomic E-state index is -3.80. The zero-order chi connectivity index (χ0) is 20.5. The van der Waals surface area contributed by atoms with E-state index in [0.717, 1.165) is 18.4 Å². The molecule has 0 bridgehead atoms. The highest BCUT2D eigenvalue weighted by Crippen LogP contribution is 2.42. The Morgan fingerprint density at radius 3 is 2.66 bits per heavy atom. The molecule has 1 amide bonds. The number of aryl methyl sites for hydroxylation is 1. The second-order valence-electron chi connectivity index (χ2n) is 7.26. The number of amides is 1. The largest absolute Gasteiger partial charge is 0.350 e. The molecule has 1 fully saturated rings. The van der Waals surface area contributed by atoms with E-state index in [-0.39, 0.29) is 21.9 Å². The molecule has 0 spiro atoms. The van der Waals surface area contributed by atoms with Gasteiger partial charge >= 0.3 is 0 Å². The molecule has 2 N–H and O–H groups in total. The second kappa shape index (κ2) is 7.32. The maximum atomic E-state index is 12.7. The highest BCUT2D eigenvalue weighted by molar-refractivity contribution is 7.92. The topological polar surface area (TPSA) is 106 Å². The number of carbonyl (C=O) groups excluding carboxylic acids is 1. The van der Waals surface area contributed by atoms with Crippen LogP contribution in [0.15, 0.2) is 65.8 Å². The molecule has 0 unspecified atom stereocenters. The van der Waals surface area contributed by atoms with Crippen molar-refractivity contribution < 1.29 is 13.2 Å². The molecule has 29 heavy (non-hydrogen) atoms. The van der Waals surface area contributed by atoms with Crippen molar-refractivity contribution in [2.24, 2.45) is 0 Å². The molecule has 9 heteroatoms. The Hall–Kier alpha value is -3.20. The normalized spacial score (nSPS) is 14.9. The summed E-state index contributed by atoms with van der Waals surface area (Å²) in [5.74, 6) is -0.330. The third-order valence-electron chi connectivity index (χ3n) is 4.99. The molecule has 3 aromatic rings. The van der Waals surface area contributed by atoms with Gasteiger partial charge in [0, 0.05) is 24.0 Å². The summed E-state index contributed by atoms with van der Waals surface area (Å²) >= 11 is 0. The number of anilines is 1. The Balaban J connectivity index is 1.47. The Morgan fingerprint density at radius 1 is 1.17 bits per heavy atom. The van der Waals surface area contributed by atoms with E-state index in [1.165, 1.54) is 12.1 Å². The molecular formula is C20H21N5O3S. The first-order chi connectivity index (χ1) is 13.9. The van der Waals surface area contributed by atoms with Crippen molar-refractivity contribution in [3.05, 3.63) is 72.1 Å². The van der Waals surface area contributed by atoms with Gasteiger partial charge in [-0.15, -0.1) is 5.10 Å². The van der Waals surface area contributed by atoms with E-state index in [1.807, 2.05) is 13.0 Å². The van der Waals surface area contributed by atoms with Gasteiger partial charge in [-0.05, 0) is 55.7 Å². The van der Waals surface area contributed by atoms with Crippen LogP contribution in [0.5, 0.6) is 0 Å². The summed E-state index contributed by atoms with van der Waals surface area (Å²) in [5.41, 5.74) is 1.47. The first kappa shape index (κ1) is 19.1. The van der Waals surface area contributed by atoms with E-state index >= 15 is 0 Å². The van der Waals surface area contributed by atoms with Gasteiger partial charge in [0.05, 0.1) is 16.6 Å². The number of hydrogen-bond acceptors (Lipinski definition) is 5. The van der Waals surface area contributed by atoms with Crippen LogP contribution in [0, 0.1) is 6.92 Å². The van der Waals surface area contributed by atoms with Crippen LogP contribution in [-0.4, -0.2) is 35.9 Å². The maximum Gasteiger partial charge on any atom is 0.261 e. The lowest BCUT2D eigenvalue weighted by Crippen LogP contribution is -2.36. The highest BCUT2D eigenvalue weighted by Gasteiger charge is 2.45. The molecule has 1 saturated carbocycles. The van der Waals surface area contributed by atoms with Gasteiger partial charge in [0.25, 0.3) is 15.9 Å². The average molecular weight is 411 g/mol. The van der Waals surface area contributed by atoms with Gasteiger partial charge in [0.15, 0.2) is 0 Å². The summed E-state index contributed by atoms with van der Waals surface area (Å²) in [6.07, 6.45) is 5.21. The Bertz CT molecular complexity index is 1140. The van der Waals surface area contributed by atoms with Gasteiger partial charge in [-0.25, -0.2) is 13.1 Å². The third kappa shape index (κ3) is 4.14. The molecule has 1 heterocycles. The van der Waals surface area contributed by atoms with Gasteiger partial charge in [-0.1, -0.05) is 23.4 Å². The van der Waals surface area contributed by atoms with E-state index in [0.29, 0.717) is 12.2 Å². The van der Waals surface area contributed by atoms with Crippen LogP contribution >= 0.6 is 0 Å². The number of rotatable bonds is 7. The number of hydrogen-bond donors (Lipinski definition) is 2. The summed E-state index contributed by atoms with van der Waals surface area (Å²) in [5, 5.41) is 10.7. The van der Waals surface area contributed by atoms with Crippen molar-refractivity contribution in [1.82, 2.24) is 20.3 Å². The molecular weight excluding hydrogens is 390 g/mol. The minimum absolute atomic E-state index is 0.0315. The SMILES string of the molecule is Cc1cccc(NS(=O)(=O)c2cccc(C(=O)NCC3(n4ccnn4)CC3)c2)c1. The Labute approximate surface area is 169 Å². The lowest BCUT2D eigenvalue weighted by molar-refractivity contribution is 0.0944. The first-order valence-electron chi connectivity index (χ1n) is 9.23. The Kier molecular flexibility index (Phi) is 4.83. The van der Waals surface area contributed by atoms with Gasteiger partial charge in [-0.2, -0.15) is 0 Å². The summed E-state index contributed by atoms with van der Waals surface area (Å²) < 4.78 is 29.7. The van der Waals surface area contributed by atoms with Gasteiger partial charge < -0.3 is 5.32 Å². The fourth-order valence-corrected chi connectivity index (χ4v) is 4.26. The number of carbonyl (C=O) groups is 1. The summed E-state index contributed by atoms with van der Waals surface area (Å²) in [4.78, 5) is 12.6. The van der Waals surface area contributed by atoms with Crippen LogP contribution in [0.25, 0.3) is 0 Å². The van der Waals surface area contributed by atoms with Gasteiger partial charge in [0.2, 0.25) is 0 Å². The van der Waals surface area contributed by atoms with Crippen LogP contribution < -0.4 is 10.0 Å². The van der Waals surface area contributed by atoms with Crippen molar-refractivity contribution in [3.63, 3.8) is 0 Å². The van der Waals surface area contributed by atoms with Crippen molar-refractivity contribution in [3.8, 4) is 0 Å². The lowest BCUT2D eigenvalue weighted by Gasteiger charge is -2.16. The van der Waals surface area contributed by atoms with Gasteiger partial charge in [0.1, 0.15) is 0 Å².